The highest BCUT2D eigenvalue weighted by Crippen LogP contribution is 2.26. The molecule has 2 aromatic carbocycles. The molecule has 7 heteroatoms. The summed E-state index contributed by atoms with van der Waals surface area (Å²) in [7, 11) is 0. The fraction of sp³-hybridized carbons (Fsp3) is 0.429. The van der Waals surface area contributed by atoms with E-state index in [1.54, 1.807) is 0 Å². The molecule has 2 aliphatic rings. The molecule has 1 saturated heterocycles. The van der Waals surface area contributed by atoms with Crippen molar-refractivity contribution in [2.45, 2.75) is 37.7 Å². The van der Waals surface area contributed by atoms with Crippen LogP contribution >= 0.6 is 0 Å². The number of rotatable bonds is 9. The standard InChI is InChI=1S/C28H37N5O2/c1-23(24-8-4-2-5-9-24)20-27(34)33-18-13-28(35,14-19-33)21-32-17-12-26(31-22-32)30-16-15-29-25-10-6-3-7-11-25/h2-12,17,23,29,35H,13-16,18-22H2,1H3,(H,30,31). The van der Waals surface area contributed by atoms with Crippen molar-refractivity contribution in [3.05, 3.63) is 78.5 Å². The predicted molar refractivity (Wildman–Crippen MR) is 141 cm³/mol. The molecule has 0 radical (unpaired) electrons. The second-order valence-corrected chi connectivity index (χ2v) is 9.59. The molecule has 1 fully saturated rings. The number of nitrogens with zero attached hydrogens (tertiary/aromatic N) is 3. The molecule has 2 heterocycles. The lowest BCUT2D eigenvalue weighted by molar-refractivity contribution is -0.136. The summed E-state index contributed by atoms with van der Waals surface area (Å²) < 4.78 is 0. The Morgan fingerprint density at radius 3 is 2.34 bits per heavy atom. The minimum absolute atomic E-state index is 0.170. The monoisotopic (exact) mass is 475 g/mol. The van der Waals surface area contributed by atoms with Crippen molar-refractivity contribution in [1.82, 2.24) is 15.1 Å². The average Bonchev–Trinajstić information content (AvgIpc) is 2.89. The molecule has 0 bridgehead atoms. The van der Waals surface area contributed by atoms with Crippen molar-refractivity contribution < 1.29 is 9.90 Å². The number of hydrogen-bond donors (Lipinski definition) is 3. The van der Waals surface area contributed by atoms with Crippen LogP contribution in [0.3, 0.4) is 0 Å². The van der Waals surface area contributed by atoms with E-state index in [0.717, 1.165) is 24.6 Å². The number of amidine groups is 1. The highest BCUT2D eigenvalue weighted by molar-refractivity contribution is 5.93. The molecule has 2 aromatic rings. The number of likely N-dealkylation sites (tertiary alicyclic amines) is 1. The summed E-state index contributed by atoms with van der Waals surface area (Å²) in [6, 6.07) is 20.3. The lowest BCUT2D eigenvalue weighted by atomic mass is 9.90. The number of aliphatic imine (C=N–C) groups is 1. The normalized spacial score (nSPS) is 18.1. The summed E-state index contributed by atoms with van der Waals surface area (Å²) in [6.45, 7) is 5.91. The first-order chi connectivity index (χ1) is 17.0. The Hall–Kier alpha value is -3.32. The third kappa shape index (κ3) is 7.33. The van der Waals surface area contributed by atoms with Gasteiger partial charge in [0.15, 0.2) is 0 Å². The molecule has 3 N–H and O–H groups in total. The summed E-state index contributed by atoms with van der Waals surface area (Å²) in [5, 5.41) is 17.9. The van der Waals surface area contributed by atoms with Crippen LogP contribution in [0, 0.1) is 0 Å². The molecule has 4 rings (SSSR count). The Labute approximate surface area is 208 Å². The first kappa shape index (κ1) is 24.8. The maximum atomic E-state index is 12.8. The van der Waals surface area contributed by atoms with E-state index in [-0.39, 0.29) is 11.8 Å². The van der Waals surface area contributed by atoms with Crippen LogP contribution in [-0.2, 0) is 4.79 Å². The minimum atomic E-state index is -0.799. The maximum absolute atomic E-state index is 12.8. The summed E-state index contributed by atoms with van der Waals surface area (Å²) in [4.78, 5) is 21.3. The number of aliphatic hydroxyl groups is 1. The number of carbonyl (C=O) groups excluding carboxylic acids is 1. The van der Waals surface area contributed by atoms with Gasteiger partial charge in [-0.1, -0.05) is 55.5 Å². The molecule has 0 aliphatic carbocycles. The lowest BCUT2D eigenvalue weighted by Gasteiger charge is -2.41. The summed E-state index contributed by atoms with van der Waals surface area (Å²) in [6.07, 6.45) is 5.63. The molecule has 35 heavy (non-hydrogen) atoms. The second kappa shape index (κ2) is 11.9. The Morgan fingerprint density at radius 2 is 1.69 bits per heavy atom. The minimum Gasteiger partial charge on any atom is -0.388 e. The molecule has 0 saturated carbocycles. The molecule has 0 spiro atoms. The molecule has 186 valence electrons. The number of nitrogens with one attached hydrogen (secondary N) is 2. The third-order valence-electron chi connectivity index (χ3n) is 6.79. The van der Waals surface area contributed by atoms with Crippen LogP contribution in [0.2, 0.25) is 0 Å². The van der Waals surface area contributed by atoms with Gasteiger partial charge in [-0.3, -0.25) is 4.79 Å². The van der Waals surface area contributed by atoms with Crippen LogP contribution < -0.4 is 10.6 Å². The van der Waals surface area contributed by atoms with Crippen LogP contribution in [0.4, 0.5) is 5.69 Å². The van der Waals surface area contributed by atoms with Crippen molar-refractivity contribution in [3.8, 4) is 0 Å². The summed E-state index contributed by atoms with van der Waals surface area (Å²) in [5.41, 5.74) is 1.49. The summed E-state index contributed by atoms with van der Waals surface area (Å²) >= 11 is 0. The van der Waals surface area contributed by atoms with Crippen molar-refractivity contribution in [1.29, 1.82) is 0 Å². The predicted octanol–water partition coefficient (Wildman–Crippen LogP) is 3.42. The molecule has 1 unspecified atom stereocenters. The van der Waals surface area contributed by atoms with E-state index in [0.29, 0.717) is 45.6 Å². The Bertz CT molecular complexity index is 1000. The van der Waals surface area contributed by atoms with Crippen molar-refractivity contribution >= 4 is 17.4 Å². The Morgan fingerprint density at radius 1 is 1.03 bits per heavy atom. The highest BCUT2D eigenvalue weighted by atomic mass is 16.3. The molecular weight excluding hydrogens is 438 g/mol. The van der Waals surface area contributed by atoms with E-state index in [2.05, 4.69) is 34.7 Å². The van der Waals surface area contributed by atoms with Gasteiger partial charge in [-0.05, 0) is 42.5 Å². The van der Waals surface area contributed by atoms with E-state index in [1.165, 1.54) is 5.56 Å². The average molecular weight is 476 g/mol. The van der Waals surface area contributed by atoms with Crippen LogP contribution in [0.5, 0.6) is 0 Å². The van der Waals surface area contributed by atoms with E-state index in [4.69, 9.17) is 0 Å². The number of β-amino-alcohol motifs (C(OH)–C–C–N with tert-alkyl or cyclic N) is 1. The fourth-order valence-corrected chi connectivity index (χ4v) is 4.61. The number of anilines is 1. The van der Waals surface area contributed by atoms with Gasteiger partial charge in [0.05, 0.1) is 5.60 Å². The summed E-state index contributed by atoms with van der Waals surface area (Å²) in [5.74, 6) is 1.22. The molecular formula is C28H37N5O2. The van der Waals surface area contributed by atoms with E-state index in [1.807, 2.05) is 70.6 Å². The van der Waals surface area contributed by atoms with Crippen LogP contribution in [0.25, 0.3) is 0 Å². The van der Waals surface area contributed by atoms with Crippen molar-refractivity contribution in [3.63, 3.8) is 0 Å². The van der Waals surface area contributed by atoms with E-state index >= 15 is 0 Å². The quantitative estimate of drug-likeness (QED) is 0.485. The van der Waals surface area contributed by atoms with Gasteiger partial charge < -0.3 is 25.5 Å². The van der Waals surface area contributed by atoms with Crippen LogP contribution in [0.15, 0.2) is 77.9 Å². The second-order valence-electron chi connectivity index (χ2n) is 9.59. The van der Waals surface area contributed by atoms with E-state index < -0.39 is 5.60 Å². The fourth-order valence-electron chi connectivity index (χ4n) is 4.61. The molecule has 2 aliphatic heterocycles. The van der Waals surface area contributed by atoms with Gasteiger partial charge in [0.1, 0.15) is 12.5 Å². The molecule has 1 atom stereocenters. The van der Waals surface area contributed by atoms with Gasteiger partial charge in [-0.2, -0.15) is 0 Å². The largest absolute Gasteiger partial charge is 0.388 e. The van der Waals surface area contributed by atoms with Gasteiger partial charge >= 0.3 is 0 Å². The molecule has 7 nitrogen and oxygen atoms in total. The maximum Gasteiger partial charge on any atom is 0.223 e. The number of para-hydroxylation sites is 1. The van der Waals surface area contributed by atoms with Crippen molar-refractivity contribution in [2.75, 3.05) is 44.7 Å². The van der Waals surface area contributed by atoms with Crippen molar-refractivity contribution in [2.24, 2.45) is 4.99 Å². The zero-order valence-electron chi connectivity index (χ0n) is 20.6. The van der Waals surface area contributed by atoms with Gasteiger partial charge in [0, 0.05) is 51.0 Å². The van der Waals surface area contributed by atoms with Crippen LogP contribution in [0.1, 0.15) is 37.7 Å². The first-order valence-corrected chi connectivity index (χ1v) is 12.6. The SMILES string of the molecule is CC(CC(=O)N1CCC(O)(CN2C=CC(NCCNc3ccccc3)=NC2)CC1)c1ccccc1. The Balaban J connectivity index is 1.15. The smallest absolute Gasteiger partial charge is 0.223 e. The van der Waals surface area contributed by atoms with Gasteiger partial charge in [-0.25, -0.2) is 4.99 Å². The number of carbonyl (C=O) groups is 1. The third-order valence-corrected chi connectivity index (χ3v) is 6.79. The zero-order chi connectivity index (χ0) is 24.5. The Kier molecular flexibility index (Phi) is 8.42. The zero-order valence-corrected chi connectivity index (χ0v) is 20.6. The van der Waals surface area contributed by atoms with Gasteiger partial charge in [-0.15, -0.1) is 0 Å². The molecule has 0 aromatic heterocycles. The van der Waals surface area contributed by atoms with Gasteiger partial charge in [0.25, 0.3) is 0 Å². The first-order valence-electron chi connectivity index (χ1n) is 12.6. The molecule has 1 amide bonds. The number of hydrogen-bond acceptors (Lipinski definition) is 6. The number of piperidine rings is 1. The lowest BCUT2D eigenvalue weighted by Crippen LogP contribution is -2.51. The van der Waals surface area contributed by atoms with Crippen LogP contribution in [-0.4, -0.2) is 71.6 Å². The topological polar surface area (TPSA) is 80.2 Å². The number of amides is 1. The van der Waals surface area contributed by atoms with Gasteiger partial charge in [0.2, 0.25) is 5.91 Å². The highest BCUT2D eigenvalue weighted by Gasteiger charge is 2.35. The number of benzene rings is 2. The van der Waals surface area contributed by atoms with E-state index in [9.17, 15) is 9.90 Å².